The van der Waals surface area contributed by atoms with E-state index in [0.717, 1.165) is 37.2 Å². The van der Waals surface area contributed by atoms with Gasteiger partial charge in [0.15, 0.2) is 0 Å². The first-order valence-corrected chi connectivity index (χ1v) is 8.81. The van der Waals surface area contributed by atoms with E-state index in [1.54, 1.807) is 12.3 Å². The van der Waals surface area contributed by atoms with Gasteiger partial charge >= 0.3 is 0 Å². The maximum atomic E-state index is 12.4. The van der Waals surface area contributed by atoms with E-state index < -0.39 is 0 Å². The van der Waals surface area contributed by atoms with Crippen molar-refractivity contribution in [2.24, 2.45) is 0 Å². The normalized spacial score (nSPS) is 15.2. The first-order valence-electron chi connectivity index (χ1n) is 8.81. The van der Waals surface area contributed by atoms with E-state index in [-0.39, 0.29) is 17.5 Å². The molecule has 1 aliphatic rings. The second kappa shape index (κ2) is 7.96. The van der Waals surface area contributed by atoms with Gasteiger partial charge in [0.05, 0.1) is 18.4 Å². The molecule has 132 valence electrons. The van der Waals surface area contributed by atoms with Gasteiger partial charge in [-0.05, 0) is 18.4 Å². The fourth-order valence-electron chi connectivity index (χ4n) is 3.08. The maximum absolute atomic E-state index is 12.4. The molecule has 1 saturated heterocycles. The Bertz CT molecular complexity index is 764. The van der Waals surface area contributed by atoms with Gasteiger partial charge in [-0.2, -0.15) is 5.10 Å². The largest absolute Gasteiger partial charge is 0.370 e. The van der Waals surface area contributed by atoms with Gasteiger partial charge in [-0.1, -0.05) is 37.3 Å². The Labute approximate surface area is 147 Å². The average molecular weight is 340 g/mol. The third-order valence-corrected chi connectivity index (χ3v) is 4.58. The van der Waals surface area contributed by atoms with Crippen LogP contribution in [-0.4, -0.2) is 34.8 Å². The Kier molecular flexibility index (Phi) is 5.48. The molecule has 1 aromatic heterocycles. The van der Waals surface area contributed by atoms with Crippen molar-refractivity contribution in [3.05, 3.63) is 58.5 Å². The van der Waals surface area contributed by atoms with Crippen molar-refractivity contribution >= 4 is 11.6 Å². The smallest absolute Gasteiger partial charge is 0.269 e. The summed E-state index contributed by atoms with van der Waals surface area (Å²) >= 11 is 0. The standard InChI is InChI=1S/C19H24N4O2/c1-2-18(24)21-16-8-10-22(11-9-16)17-12-19(25)23(20-13-17)14-15-6-4-3-5-7-15/h3-7,12-13,16H,2,8-11,14H2,1H3,(H,21,24). The lowest BCUT2D eigenvalue weighted by atomic mass is 10.0. The predicted molar refractivity (Wildman–Crippen MR) is 97.7 cm³/mol. The molecule has 6 nitrogen and oxygen atoms in total. The van der Waals surface area contributed by atoms with E-state index in [1.807, 2.05) is 37.3 Å². The fourth-order valence-corrected chi connectivity index (χ4v) is 3.08. The van der Waals surface area contributed by atoms with Crippen LogP contribution in [-0.2, 0) is 11.3 Å². The van der Waals surface area contributed by atoms with E-state index in [9.17, 15) is 9.59 Å². The van der Waals surface area contributed by atoms with Gasteiger partial charge in [0, 0.05) is 31.6 Å². The fraction of sp³-hybridized carbons (Fsp3) is 0.421. The minimum atomic E-state index is -0.0947. The zero-order chi connectivity index (χ0) is 17.6. The van der Waals surface area contributed by atoms with E-state index >= 15 is 0 Å². The third-order valence-electron chi connectivity index (χ3n) is 4.58. The highest BCUT2D eigenvalue weighted by atomic mass is 16.1. The molecule has 3 rings (SSSR count). The van der Waals surface area contributed by atoms with Gasteiger partial charge in [-0.3, -0.25) is 9.59 Å². The van der Waals surface area contributed by atoms with Gasteiger partial charge in [0.1, 0.15) is 0 Å². The summed E-state index contributed by atoms with van der Waals surface area (Å²) < 4.78 is 1.48. The highest BCUT2D eigenvalue weighted by molar-refractivity contribution is 5.75. The first kappa shape index (κ1) is 17.2. The van der Waals surface area contributed by atoms with Crippen molar-refractivity contribution in [2.75, 3.05) is 18.0 Å². The summed E-state index contributed by atoms with van der Waals surface area (Å²) in [6.07, 6.45) is 4.05. The van der Waals surface area contributed by atoms with E-state index in [2.05, 4.69) is 15.3 Å². The van der Waals surface area contributed by atoms with Crippen LogP contribution in [0.3, 0.4) is 0 Å². The molecule has 0 aliphatic carbocycles. The number of anilines is 1. The highest BCUT2D eigenvalue weighted by Crippen LogP contribution is 2.17. The number of aromatic nitrogens is 2. The summed E-state index contributed by atoms with van der Waals surface area (Å²) in [5, 5.41) is 7.36. The second-order valence-electron chi connectivity index (χ2n) is 6.38. The number of amides is 1. The minimum Gasteiger partial charge on any atom is -0.370 e. The number of benzene rings is 1. The summed E-state index contributed by atoms with van der Waals surface area (Å²) in [6, 6.07) is 11.7. The molecule has 6 heteroatoms. The van der Waals surface area contributed by atoms with Crippen LogP contribution in [0.5, 0.6) is 0 Å². The Morgan fingerprint density at radius 3 is 2.60 bits per heavy atom. The van der Waals surface area contributed by atoms with Crippen molar-refractivity contribution in [3.8, 4) is 0 Å². The number of carbonyl (C=O) groups is 1. The van der Waals surface area contributed by atoms with Crippen LogP contribution in [0.4, 0.5) is 5.69 Å². The minimum absolute atomic E-state index is 0.0947. The number of carbonyl (C=O) groups excluding carboxylic acids is 1. The number of hydrogen-bond acceptors (Lipinski definition) is 4. The lowest BCUT2D eigenvalue weighted by Crippen LogP contribution is -2.44. The first-order chi connectivity index (χ1) is 12.2. The Hall–Kier alpha value is -2.63. The molecular weight excluding hydrogens is 316 g/mol. The van der Waals surface area contributed by atoms with Crippen LogP contribution in [0.25, 0.3) is 0 Å². The predicted octanol–water partition coefficient (Wildman–Crippen LogP) is 1.79. The number of nitrogens with one attached hydrogen (secondary N) is 1. The highest BCUT2D eigenvalue weighted by Gasteiger charge is 2.21. The van der Waals surface area contributed by atoms with Gasteiger partial charge in [0.25, 0.3) is 5.56 Å². The van der Waals surface area contributed by atoms with Gasteiger partial charge in [-0.15, -0.1) is 0 Å². The summed E-state index contributed by atoms with van der Waals surface area (Å²) in [7, 11) is 0. The van der Waals surface area contributed by atoms with Crippen molar-refractivity contribution < 1.29 is 4.79 Å². The molecule has 0 atom stereocenters. The second-order valence-corrected chi connectivity index (χ2v) is 6.38. The molecule has 2 heterocycles. The third kappa shape index (κ3) is 4.47. The number of piperidine rings is 1. The van der Waals surface area contributed by atoms with Crippen LogP contribution >= 0.6 is 0 Å². The number of rotatable bonds is 5. The molecule has 0 saturated carbocycles. The Morgan fingerprint density at radius 1 is 1.24 bits per heavy atom. The molecule has 0 spiro atoms. The molecule has 1 aromatic carbocycles. The van der Waals surface area contributed by atoms with Crippen LogP contribution in [0.1, 0.15) is 31.7 Å². The average Bonchev–Trinajstić information content (AvgIpc) is 2.65. The molecule has 1 amide bonds. The molecule has 1 N–H and O–H groups in total. The SMILES string of the molecule is CCC(=O)NC1CCN(c2cnn(Cc3ccccc3)c(=O)c2)CC1. The van der Waals surface area contributed by atoms with Crippen molar-refractivity contribution in [3.63, 3.8) is 0 Å². The quantitative estimate of drug-likeness (QED) is 0.901. The van der Waals surface area contributed by atoms with Crippen molar-refractivity contribution in [1.82, 2.24) is 15.1 Å². The zero-order valence-corrected chi connectivity index (χ0v) is 14.5. The van der Waals surface area contributed by atoms with Crippen LogP contribution in [0.2, 0.25) is 0 Å². The van der Waals surface area contributed by atoms with Gasteiger partial charge in [0.2, 0.25) is 5.91 Å². The summed E-state index contributed by atoms with van der Waals surface area (Å²) in [5.74, 6) is 0.101. The lowest BCUT2D eigenvalue weighted by Gasteiger charge is -2.33. The van der Waals surface area contributed by atoms with Crippen LogP contribution in [0.15, 0.2) is 47.4 Å². The lowest BCUT2D eigenvalue weighted by molar-refractivity contribution is -0.121. The monoisotopic (exact) mass is 340 g/mol. The molecule has 1 fully saturated rings. The van der Waals surface area contributed by atoms with Gasteiger partial charge < -0.3 is 10.2 Å². The van der Waals surface area contributed by atoms with Crippen molar-refractivity contribution in [1.29, 1.82) is 0 Å². The number of hydrogen-bond donors (Lipinski definition) is 1. The van der Waals surface area contributed by atoms with Crippen LogP contribution in [0, 0.1) is 0 Å². The Balaban J connectivity index is 1.62. The molecule has 2 aromatic rings. The topological polar surface area (TPSA) is 67.2 Å². The zero-order valence-electron chi connectivity index (χ0n) is 14.5. The number of nitrogens with zero attached hydrogens (tertiary/aromatic N) is 3. The molecule has 0 bridgehead atoms. The molecule has 1 aliphatic heterocycles. The van der Waals surface area contributed by atoms with E-state index in [0.29, 0.717) is 13.0 Å². The summed E-state index contributed by atoms with van der Waals surface area (Å²) in [4.78, 5) is 26.0. The van der Waals surface area contributed by atoms with Crippen molar-refractivity contribution in [2.45, 2.75) is 38.8 Å². The molecule has 0 unspecified atom stereocenters. The summed E-state index contributed by atoms with van der Waals surface area (Å²) in [5.41, 5.74) is 1.81. The molecular formula is C19H24N4O2. The van der Waals surface area contributed by atoms with Crippen LogP contribution < -0.4 is 15.8 Å². The van der Waals surface area contributed by atoms with E-state index in [1.165, 1.54) is 4.68 Å². The molecule has 25 heavy (non-hydrogen) atoms. The van der Waals surface area contributed by atoms with E-state index in [4.69, 9.17) is 0 Å². The molecule has 0 radical (unpaired) electrons. The Morgan fingerprint density at radius 2 is 1.96 bits per heavy atom. The maximum Gasteiger partial charge on any atom is 0.269 e. The van der Waals surface area contributed by atoms with Gasteiger partial charge in [-0.25, -0.2) is 4.68 Å². The summed E-state index contributed by atoms with van der Waals surface area (Å²) in [6.45, 7) is 3.97.